The number of hydrogen-bond donors (Lipinski definition) is 2. The van der Waals surface area contributed by atoms with Crippen molar-refractivity contribution in [2.75, 3.05) is 20.2 Å². The van der Waals surface area contributed by atoms with Gasteiger partial charge in [-0.25, -0.2) is 0 Å². The molecule has 0 spiro atoms. The first-order chi connectivity index (χ1) is 8.33. The van der Waals surface area contributed by atoms with Crippen LogP contribution in [-0.2, 0) is 14.3 Å². The molecule has 0 bridgehead atoms. The lowest BCUT2D eigenvalue weighted by Crippen LogP contribution is -2.39. The number of amides is 1. The third-order valence-corrected chi connectivity index (χ3v) is 2.85. The van der Waals surface area contributed by atoms with Crippen LogP contribution in [-0.4, -0.2) is 38.1 Å². The number of rotatable bonds is 8. The summed E-state index contributed by atoms with van der Waals surface area (Å²) in [6.45, 7) is 8.68. The highest BCUT2D eigenvalue weighted by molar-refractivity contribution is 5.77. The summed E-state index contributed by atoms with van der Waals surface area (Å²) in [7, 11) is 1.38. The molecule has 2 N–H and O–H groups in total. The van der Waals surface area contributed by atoms with Crippen molar-refractivity contribution >= 4 is 11.9 Å². The fourth-order valence-electron chi connectivity index (χ4n) is 1.40. The largest absolute Gasteiger partial charge is 0.469 e. The van der Waals surface area contributed by atoms with Gasteiger partial charge in [-0.2, -0.15) is 0 Å². The van der Waals surface area contributed by atoms with E-state index >= 15 is 0 Å². The van der Waals surface area contributed by atoms with Gasteiger partial charge in [-0.15, -0.1) is 0 Å². The summed E-state index contributed by atoms with van der Waals surface area (Å²) >= 11 is 0. The molecule has 0 radical (unpaired) electrons. The van der Waals surface area contributed by atoms with Crippen molar-refractivity contribution < 1.29 is 14.3 Å². The summed E-state index contributed by atoms with van der Waals surface area (Å²) in [6.07, 6.45) is 1.34. The average Bonchev–Trinajstić information content (AvgIpc) is 2.33. The lowest BCUT2D eigenvalue weighted by atomic mass is 9.94. The van der Waals surface area contributed by atoms with E-state index in [2.05, 4.69) is 10.6 Å². The predicted octanol–water partition coefficient (Wildman–Crippen LogP) is 1.08. The van der Waals surface area contributed by atoms with Crippen LogP contribution in [0.1, 0.15) is 40.5 Å². The Hall–Kier alpha value is -1.10. The molecule has 1 unspecified atom stereocenters. The van der Waals surface area contributed by atoms with Gasteiger partial charge in [0.05, 0.1) is 12.5 Å². The first-order valence-corrected chi connectivity index (χ1v) is 6.42. The van der Waals surface area contributed by atoms with Gasteiger partial charge in [0.25, 0.3) is 0 Å². The molecule has 0 aliphatic rings. The molecule has 0 rings (SSSR count). The van der Waals surface area contributed by atoms with Crippen LogP contribution in [0.25, 0.3) is 0 Å². The van der Waals surface area contributed by atoms with Crippen LogP contribution in [0.15, 0.2) is 0 Å². The molecule has 5 nitrogen and oxygen atoms in total. The minimum absolute atomic E-state index is 0.0349. The molecule has 0 fully saturated rings. The number of methoxy groups -OCH3 is 1. The van der Waals surface area contributed by atoms with Crippen LogP contribution in [0.2, 0.25) is 0 Å². The van der Waals surface area contributed by atoms with Crippen molar-refractivity contribution in [3.63, 3.8) is 0 Å². The van der Waals surface area contributed by atoms with Gasteiger partial charge in [-0.1, -0.05) is 6.92 Å². The van der Waals surface area contributed by atoms with E-state index < -0.39 is 5.41 Å². The van der Waals surface area contributed by atoms with Gasteiger partial charge in [-0.3, -0.25) is 9.59 Å². The van der Waals surface area contributed by atoms with Crippen molar-refractivity contribution in [1.29, 1.82) is 0 Å². The zero-order chi connectivity index (χ0) is 14.2. The normalized spacial score (nSPS) is 12.9. The Kier molecular flexibility index (Phi) is 7.59. The minimum Gasteiger partial charge on any atom is -0.469 e. The van der Waals surface area contributed by atoms with Gasteiger partial charge in [0.15, 0.2) is 0 Å². The first-order valence-electron chi connectivity index (χ1n) is 6.42. The third kappa shape index (κ3) is 6.59. The zero-order valence-electron chi connectivity index (χ0n) is 12.1. The van der Waals surface area contributed by atoms with E-state index in [0.717, 1.165) is 6.42 Å². The van der Waals surface area contributed by atoms with E-state index in [-0.39, 0.29) is 17.9 Å². The molecule has 1 atom stereocenters. The first kappa shape index (κ1) is 16.9. The standard InChI is InChI=1S/C13H26N2O3/c1-6-10(2)15-11(16)7-8-14-9-13(3,4)12(17)18-5/h10,14H,6-9H2,1-5H3,(H,15,16). The van der Waals surface area contributed by atoms with Gasteiger partial charge in [-0.05, 0) is 27.2 Å². The van der Waals surface area contributed by atoms with E-state index in [1.807, 2.05) is 27.7 Å². The van der Waals surface area contributed by atoms with Gasteiger partial charge < -0.3 is 15.4 Å². The maximum absolute atomic E-state index is 11.5. The number of esters is 1. The highest BCUT2D eigenvalue weighted by atomic mass is 16.5. The van der Waals surface area contributed by atoms with E-state index in [1.54, 1.807) is 0 Å². The van der Waals surface area contributed by atoms with Crippen molar-refractivity contribution in [3.8, 4) is 0 Å². The molecule has 0 saturated heterocycles. The molecule has 0 aliphatic carbocycles. The Labute approximate surface area is 110 Å². The number of nitrogens with one attached hydrogen (secondary N) is 2. The summed E-state index contributed by atoms with van der Waals surface area (Å²) in [6, 6.07) is 0.212. The third-order valence-electron chi connectivity index (χ3n) is 2.85. The second kappa shape index (κ2) is 8.08. The predicted molar refractivity (Wildman–Crippen MR) is 71.2 cm³/mol. The Bertz CT molecular complexity index is 277. The SMILES string of the molecule is CCC(C)NC(=O)CCNCC(C)(C)C(=O)OC. The lowest BCUT2D eigenvalue weighted by Gasteiger charge is -2.21. The van der Waals surface area contributed by atoms with Gasteiger partial charge in [0, 0.05) is 25.6 Å². The van der Waals surface area contributed by atoms with Crippen LogP contribution in [0.4, 0.5) is 0 Å². The maximum Gasteiger partial charge on any atom is 0.312 e. The molecule has 0 aliphatic heterocycles. The summed E-state index contributed by atoms with van der Waals surface area (Å²) in [5.74, 6) is -0.216. The van der Waals surface area contributed by atoms with E-state index in [9.17, 15) is 9.59 Å². The molecular weight excluding hydrogens is 232 g/mol. The van der Waals surface area contributed by atoms with Crippen LogP contribution >= 0.6 is 0 Å². The van der Waals surface area contributed by atoms with Crippen LogP contribution in [0.3, 0.4) is 0 Å². The fourth-order valence-corrected chi connectivity index (χ4v) is 1.40. The molecule has 5 heteroatoms. The summed E-state index contributed by atoms with van der Waals surface area (Å²) in [5, 5.41) is 5.99. The second-order valence-electron chi connectivity index (χ2n) is 5.18. The molecule has 106 valence electrons. The Balaban J connectivity index is 3.80. The topological polar surface area (TPSA) is 67.4 Å². The van der Waals surface area contributed by atoms with Gasteiger partial charge in [0.1, 0.15) is 0 Å². The maximum atomic E-state index is 11.5. The van der Waals surface area contributed by atoms with Crippen LogP contribution < -0.4 is 10.6 Å². The Morgan fingerprint density at radius 2 is 1.94 bits per heavy atom. The highest BCUT2D eigenvalue weighted by Gasteiger charge is 2.27. The smallest absolute Gasteiger partial charge is 0.312 e. The minimum atomic E-state index is -0.568. The molecule has 18 heavy (non-hydrogen) atoms. The molecule has 0 heterocycles. The fraction of sp³-hybridized carbons (Fsp3) is 0.846. The molecule has 0 aromatic carbocycles. The quantitative estimate of drug-likeness (QED) is 0.505. The number of ether oxygens (including phenoxy) is 1. The van der Waals surface area contributed by atoms with E-state index in [4.69, 9.17) is 4.74 Å². The molecular formula is C13H26N2O3. The van der Waals surface area contributed by atoms with Crippen LogP contribution in [0.5, 0.6) is 0 Å². The molecule has 1 amide bonds. The van der Waals surface area contributed by atoms with E-state index in [1.165, 1.54) is 7.11 Å². The zero-order valence-corrected chi connectivity index (χ0v) is 12.1. The summed E-state index contributed by atoms with van der Waals surface area (Å²) < 4.78 is 4.70. The van der Waals surface area contributed by atoms with Crippen molar-refractivity contribution in [2.24, 2.45) is 5.41 Å². The second-order valence-corrected chi connectivity index (χ2v) is 5.18. The van der Waals surface area contributed by atoms with Gasteiger partial charge >= 0.3 is 5.97 Å². The highest BCUT2D eigenvalue weighted by Crippen LogP contribution is 2.15. The summed E-state index contributed by atoms with van der Waals surface area (Å²) in [5.41, 5.74) is -0.568. The molecule has 0 aromatic rings. The van der Waals surface area contributed by atoms with Crippen LogP contribution in [0, 0.1) is 5.41 Å². The number of carbonyl (C=O) groups is 2. The van der Waals surface area contributed by atoms with Gasteiger partial charge in [0.2, 0.25) is 5.91 Å². The van der Waals surface area contributed by atoms with Crippen molar-refractivity contribution in [2.45, 2.75) is 46.6 Å². The monoisotopic (exact) mass is 258 g/mol. The molecule has 0 saturated carbocycles. The van der Waals surface area contributed by atoms with Crippen molar-refractivity contribution in [1.82, 2.24) is 10.6 Å². The average molecular weight is 258 g/mol. The summed E-state index contributed by atoms with van der Waals surface area (Å²) in [4.78, 5) is 22.9. The van der Waals surface area contributed by atoms with E-state index in [0.29, 0.717) is 19.5 Å². The number of carbonyl (C=O) groups excluding carboxylic acids is 2. The Morgan fingerprint density at radius 1 is 1.33 bits per heavy atom. The van der Waals surface area contributed by atoms with Crippen molar-refractivity contribution in [3.05, 3.63) is 0 Å². The number of hydrogen-bond acceptors (Lipinski definition) is 4. The Morgan fingerprint density at radius 3 is 2.44 bits per heavy atom. The lowest BCUT2D eigenvalue weighted by molar-refractivity contribution is -0.150. The molecule has 0 aromatic heterocycles.